The largest absolute Gasteiger partial charge is 0.347 e. The summed E-state index contributed by atoms with van der Waals surface area (Å²) in [5.41, 5.74) is 5.15. The summed E-state index contributed by atoms with van der Waals surface area (Å²) in [7, 11) is 0. The topological polar surface area (TPSA) is 87.3 Å². The van der Waals surface area contributed by atoms with Gasteiger partial charge in [0.2, 0.25) is 0 Å². The lowest BCUT2D eigenvalue weighted by Gasteiger charge is -2.20. The summed E-state index contributed by atoms with van der Waals surface area (Å²) in [5.74, 6) is -1.08. The molecule has 0 aliphatic rings. The van der Waals surface area contributed by atoms with E-state index < -0.39 is 11.8 Å². The SMILES string of the molecule is CC(C)(C)NC(=O)c1ccc(C(=O)NNC(=O)c2ccc(Br)s2)cc1. The second-order valence-corrected chi connectivity index (χ2v) is 8.76. The van der Waals surface area contributed by atoms with Crippen LogP contribution < -0.4 is 16.2 Å². The maximum absolute atomic E-state index is 12.1. The van der Waals surface area contributed by atoms with Gasteiger partial charge in [-0.1, -0.05) is 0 Å². The summed E-state index contributed by atoms with van der Waals surface area (Å²) in [4.78, 5) is 36.5. The van der Waals surface area contributed by atoms with Gasteiger partial charge in [-0.3, -0.25) is 25.2 Å². The first kappa shape index (κ1) is 19.1. The number of hydrogen-bond donors (Lipinski definition) is 3. The normalized spacial score (nSPS) is 10.9. The molecule has 8 heteroatoms. The molecule has 1 aromatic carbocycles. The van der Waals surface area contributed by atoms with Gasteiger partial charge in [-0.2, -0.15) is 0 Å². The average Bonchev–Trinajstić information content (AvgIpc) is 2.97. The second kappa shape index (κ2) is 7.79. The van der Waals surface area contributed by atoms with Crippen molar-refractivity contribution in [2.24, 2.45) is 0 Å². The maximum Gasteiger partial charge on any atom is 0.279 e. The van der Waals surface area contributed by atoms with Gasteiger partial charge in [0.15, 0.2) is 0 Å². The van der Waals surface area contributed by atoms with Crippen LogP contribution in [0.15, 0.2) is 40.2 Å². The van der Waals surface area contributed by atoms with Crippen molar-refractivity contribution in [1.29, 1.82) is 0 Å². The molecule has 0 spiro atoms. The van der Waals surface area contributed by atoms with E-state index in [1.807, 2.05) is 20.8 Å². The van der Waals surface area contributed by atoms with Crippen LogP contribution in [0.1, 0.15) is 51.2 Å². The molecule has 0 atom stereocenters. The molecule has 25 heavy (non-hydrogen) atoms. The number of amides is 3. The minimum absolute atomic E-state index is 0.212. The van der Waals surface area contributed by atoms with E-state index in [1.165, 1.54) is 23.5 Å². The van der Waals surface area contributed by atoms with Crippen molar-refractivity contribution >= 4 is 45.0 Å². The molecular weight excluding hydrogens is 406 g/mol. The third kappa shape index (κ3) is 5.68. The summed E-state index contributed by atoms with van der Waals surface area (Å²) >= 11 is 4.53. The Labute approximate surface area is 158 Å². The number of hydrazine groups is 1. The average molecular weight is 424 g/mol. The molecular formula is C17H18BrN3O3S. The monoisotopic (exact) mass is 423 g/mol. The molecule has 0 saturated heterocycles. The van der Waals surface area contributed by atoms with E-state index in [9.17, 15) is 14.4 Å². The van der Waals surface area contributed by atoms with Gasteiger partial charge in [0.05, 0.1) is 8.66 Å². The molecule has 6 nitrogen and oxygen atoms in total. The maximum atomic E-state index is 12.1. The van der Waals surface area contributed by atoms with Gasteiger partial charge in [-0.15, -0.1) is 11.3 Å². The predicted octanol–water partition coefficient (Wildman–Crippen LogP) is 3.11. The Balaban J connectivity index is 1.94. The first-order chi connectivity index (χ1) is 11.7. The first-order valence-electron chi connectivity index (χ1n) is 7.44. The molecule has 2 rings (SSSR count). The van der Waals surface area contributed by atoms with Crippen LogP contribution in [0.2, 0.25) is 0 Å². The highest BCUT2D eigenvalue weighted by atomic mass is 79.9. The van der Waals surface area contributed by atoms with Crippen molar-refractivity contribution in [3.8, 4) is 0 Å². The summed E-state index contributed by atoms with van der Waals surface area (Å²) in [6.07, 6.45) is 0. The van der Waals surface area contributed by atoms with Crippen molar-refractivity contribution in [3.05, 3.63) is 56.2 Å². The molecule has 0 radical (unpaired) electrons. The standard InChI is InChI=1S/C17H18BrN3O3S/c1-17(2,3)19-14(22)10-4-6-11(7-5-10)15(23)20-21-16(24)12-8-9-13(18)25-12/h4-9H,1-3H3,(H,19,22)(H,20,23)(H,21,24). The van der Waals surface area contributed by atoms with Crippen molar-refractivity contribution in [1.82, 2.24) is 16.2 Å². The lowest BCUT2D eigenvalue weighted by Crippen LogP contribution is -2.41. The summed E-state index contributed by atoms with van der Waals surface area (Å²) in [6, 6.07) is 9.59. The fraction of sp³-hybridized carbons (Fsp3) is 0.235. The van der Waals surface area contributed by atoms with E-state index in [0.29, 0.717) is 16.0 Å². The quantitative estimate of drug-likeness (QED) is 0.662. The fourth-order valence-corrected chi connectivity index (χ4v) is 3.15. The van der Waals surface area contributed by atoms with Crippen LogP contribution >= 0.6 is 27.3 Å². The van der Waals surface area contributed by atoms with Crippen molar-refractivity contribution in [2.75, 3.05) is 0 Å². The highest BCUT2D eigenvalue weighted by Gasteiger charge is 2.16. The van der Waals surface area contributed by atoms with E-state index in [-0.39, 0.29) is 11.4 Å². The Morgan fingerprint density at radius 2 is 1.36 bits per heavy atom. The Hall–Kier alpha value is -2.19. The molecule has 0 aliphatic carbocycles. The molecule has 0 saturated carbocycles. The van der Waals surface area contributed by atoms with Gasteiger partial charge in [0.1, 0.15) is 0 Å². The Morgan fingerprint density at radius 3 is 1.84 bits per heavy atom. The smallest absolute Gasteiger partial charge is 0.279 e. The highest BCUT2D eigenvalue weighted by molar-refractivity contribution is 9.11. The third-order valence-corrected chi connectivity index (χ3v) is 4.61. The van der Waals surface area contributed by atoms with Crippen LogP contribution in [0.4, 0.5) is 0 Å². The first-order valence-corrected chi connectivity index (χ1v) is 9.05. The molecule has 0 aliphatic heterocycles. The van der Waals surface area contributed by atoms with Gasteiger partial charge in [-0.25, -0.2) is 0 Å². The Kier molecular flexibility index (Phi) is 5.97. The molecule has 0 unspecified atom stereocenters. The summed E-state index contributed by atoms with van der Waals surface area (Å²) in [5, 5.41) is 2.85. The van der Waals surface area contributed by atoms with Gasteiger partial charge in [0.25, 0.3) is 17.7 Å². The van der Waals surface area contributed by atoms with E-state index in [0.717, 1.165) is 3.79 Å². The van der Waals surface area contributed by atoms with Crippen LogP contribution in [0.5, 0.6) is 0 Å². The zero-order valence-electron chi connectivity index (χ0n) is 14.0. The number of carbonyl (C=O) groups excluding carboxylic acids is 3. The van der Waals surface area contributed by atoms with Gasteiger partial charge >= 0.3 is 0 Å². The van der Waals surface area contributed by atoms with Crippen molar-refractivity contribution in [3.63, 3.8) is 0 Å². The van der Waals surface area contributed by atoms with E-state index in [2.05, 4.69) is 32.1 Å². The van der Waals surface area contributed by atoms with E-state index in [1.54, 1.807) is 24.3 Å². The number of thiophene rings is 1. The fourth-order valence-electron chi connectivity index (χ4n) is 1.87. The van der Waals surface area contributed by atoms with E-state index in [4.69, 9.17) is 0 Å². The molecule has 1 aromatic heterocycles. The Morgan fingerprint density at radius 1 is 0.840 bits per heavy atom. The molecule has 1 heterocycles. The molecule has 0 bridgehead atoms. The molecule has 2 aromatic rings. The molecule has 0 fully saturated rings. The van der Waals surface area contributed by atoms with Crippen LogP contribution in [-0.2, 0) is 0 Å². The van der Waals surface area contributed by atoms with Crippen LogP contribution in [0.25, 0.3) is 0 Å². The minimum atomic E-state index is -0.466. The Bertz CT molecular complexity index is 794. The predicted molar refractivity (Wildman–Crippen MR) is 101 cm³/mol. The molecule has 132 valence electrons. The summed E-state index contributed by atoms with van der Waals surface area (Å²) < 4.78 is 0.827. The molecule has 3 amide bonds. The van der Waals surface area contributed by atoms with Crippen molar-refractivity contribution < 1.29 is 14.4 Å². The van der Waals surface area contributed by atoms with Gasteiger partial charge in [0, 0.05) is 16.7 Å². The van der Waals surface area contributed by atoms with Crippen molar-refractivity contribution in [2.45, 2.75) is 26.3 Å². The van der Waals surface area contributed by atoms with Crippen LogP contribution in [0.3, 0.4) is 0 Å². The number of carbonyl (C=O) groups is 3. The zero-order chi connectivity index (χ0) is 18.6. The zero-order valence-corrected chi connectivity index (χ0v) is 16.4. The number of hydrogen-bond acceptors (Lipinski definition) is 4. The minimum Gasteiger partial charge on any atom is -0.347 e. The number of halogens is 1. The summed E-state index contributed by atoms with van der Waals surface area (Å²) in [6.45, 7) is 5.67. The number of benzene rings is 1. The number of rotatable bonds is 3. The van der Waals surface area contributed by atoms with Gasteiger partial charge < -0.3 is 5.32 Å². The van der Waals surface area contributed by atoms with Crippen LogP contribution in [0, 0.1) is 0 Å². The van der Waals surface area contributed by atoms with E-state index >= 15 is 0 Å². The number of nitrogens with one attached hydrogen (secondary N) is 3. The van der Waals surface area contributed by atoms with Crippen LogP contribution in [-0.4, -0.2) is 23.3 Å². The second-order valence-electron chi connectivity index (χ2n) is 6.29. The third-order valence-electron chi connectivity index (χ3n) is 2.98. The lowest BCUT2D eigenvalue weighted by atomic mass is 10.1. The molecule has 3 N–H and O–H groups in total. The van der Waals surface area contributed by atoms with Gasteiger partial charge in [-0.05, 0) is 73.1 Å². The lowest BCUT2D eigenvalue weighted by molar-refractivity contribution is 0.0849. The highest BCUT2D eigenvalue weighted by Crippen LogP contribution is 2.21.